The van der Waals surface area contributed by atoms with Crippen LogP contribution in [0.1, 0.15) is 11.1 Å². The minimum atomic E-state index is -0.488. The first kappa shape index (κ1) is 24.5. The van der Waals surface area contributed by atoms with Crippen LogP contribution in [0.15, 0.2) is 53.5 Å². The number of halogens is 1. The van der Waals surface area contributed by atoms with Gasteiger partial charge in [-0.3, -0.25) is 9.79 Å². The molecule has 0 bridgehead atoms. The second kappa shape index (κ2) is 13.6. The summed E-state index contributed by atoms with van der Waals surface area (Å²) in [6.45, 7) is 1.39. The zero-order chi connectivity index (χ0) is 20.2. The number of methoxy groups -OCH3 is 1. The fraction of sp³-hybridized carbons (Fsp3) is 0.333. The summed E-state index contributed by atoms with van der Waals surface area (Å²) in [5.41, 5.74) is 7.38. The van der Waals surface area contributed by atoms with Gasteiger partial charge in [0.25, 0.3) is 5.91 Å². The Morgan fingerprint density at radius 1 is 1.03 bits per heavy atom. The van der Waals surface area contributed by atoms with Gasteiger partial charge in [0, 0.05) is 20.1 Å². The van der Waals surface area contributed by atoms with Gasteiger partial charge < -0.3 is 25.8 Å². The molecule has 0 aromatic heterocycles. The number of nitrogens with zero attached hydrogens (tertiary/aromatic N) is 1. The maximum atomic E-state index is 10.7. The van der Waals surface area contributed by atoms with Crippen LogP contribution in [-0.4, -0.2) is 45.7 Å². The van der Waals surface area contributed by atoms with E-state index in [0.29, 0.717) is 5.75 Å². The molecule has 0 spiro atoms. The fourth-order valence-corrected chi connectivity index (χ4v) is 2.68. The van der Waals surface area contributed by atoms with Crippen molar-refractivity contribution in [3.05, 3.63) is 59.7 Å². The molecule has 4 N–H and O–H groups in total. The number of nitrogens with one attached hydrogen (secondary N) is 2. The summed E-state index contributed by atoms with van der Waals surface area (Å²) in [5, 5.41) is 6.61. The molecule has 2 rings (SSSR count). The number of primary amides is 1. The molecule has 0 aliphatic heterocycles. The van der Waals surface area contributed by atoms with Crippen LogP contribution in [0, 0.1) is 0 Å². The summed E-state index contributed by atoms with van der Waals surface area (Å²) < 4.78 is 10.6. The second-order valence-corrected chi connectivity index (χ2v) is 6.14. The van der Waals surface area contributed by atoms with Crippen LogP contribution < -0.4 is 25.8 Å². The molecule has 7 nitrogen and oxygen atoms in total. The molecule has 0 saturated heterocycles. The van der Waals surface area contributed by atoms with E-state index in [9.17, 15) is 4.79 Å². The number of guanidine groups is 1. The molecule has 0 unspecified atom stereocenters. The molecule has 2 aromatic rings. The third-order valence-corrected chi connectivity index (χ3v) is 4.11. The molecule has 1 amide bonds. The Hall–Kier alpha value is -2.49. The van der Waals surface area contributed by atoms with E-state index in [2.05, 4.69) is 21.7 Å². The topological polar surface area (TPSA) is 98.0 Å². The van der Waals surface area contributed by atoms with E-state index in [0.717, 1.165) is 48.8 Å². The van der Waals surface area contributed by atoms with E-state index >= 15 is 0 Å². The monoisotopic (exact) mass is 512 g/mol. The maximum Gasteiger partial charge on any atom is 0.255 e. The van der Waals surface area contributed by atoms with E-state index in [-0.39, 0.29) is 30.6 Å². The molecule has 29 heavy (non-hydrogen) atoms. The van der Waals surface area contributed by atoms with Crippen LogP contribution in [0.3, 0.4) is 0 Å². The lowest BCUT2D eigenvalue weighted by Crippen LogP contribution is -2.39. The molecule has 8 heteroatoms. The molecular weight excluding hydrogens is 483 g/mol. The minimum Gasteiger partial charge on any atom is -0.496 e. The number of amides is 1. The number of carbonyl (C=O) groups excluding carboxylic acids is 1. The van der Waals surface area contributed by atoms with Crippen molar-refractivity contribution in [3.63, 3.8) is 0 Å². The van der Waals surface area contributed by atoms with Crippen molar-refractivity contribution < 1.29 is 14.3 Å². The summed E-state index contributed by atoms with van der Waals surface area (Å²) in [6.07, 6.45) is 1.68. The fourth-order valence-electron chi connectivity index (χ4n) is 2.68. The molecule has 0 heterocycles. The number of carbonyl (C=O) groups is 1. The maximum absolute atomic E-state index is 10.7. The molecule has 158 valence electrons. The zero-order valence-electron chi connectivity index (χ0n) is 16.8. The highest BCUT2D eigenvalue weighted by atomic mass is 127. The Morgan fingerprint density at radius 3 is 2.31 bits per heavy atom. The second-order valence-electron chi connectivity index (χ2n) is 6.14. The molecule has 2 aromatic carbocycles. The highest BCUT2D eigenvalue weighted by Gasteiger charge is 2.03. The van der Waals surface area contributed by atoms with Crippen LogP contribution in [-0.2, 0) is 17.6 Å². The van der Waals surface area contributed by atoms with Crippen molar-refractivity contribution in [2.45, 2.75) is 12.8 Å². The van der Waals surface area contributed by atoms with Gasteiger partial charge in [-0.2, -0.15) is 0 Å². The summed E-state index contributed by atoms with van der Waals surface area (Å²) in [5.74, 6) is 1.80. The lowest BCUT2D eigenvalue weighted by molar-refractivity contribution is -0.119. The Kier molecular flexibility index (Phi) is 11.6. The lowest BCUT2D eigenvalue weighted by atomic mass is 10.1. The van der Waals surface area contributed by atoms with Gasteiger partial charge in [-0.15, -0.1) is 24.0 Å². The predicted molar refractivity (Wildman–Crippen MR) is 126 cm³/mol. The molecule has 0 atom stereocenters. The van der Waals surface area contributed by atoms with E-state index in [1.807, 2.05) is 42.5 Å². The average Bonchev–Trinajstić information content (AvgIpc) is 2.72. The summed E-state index contributed by atoms with van der Waals surface area (Å²) in [4.78, 5) is 15.0. The van der Waals surface area contributed by atoms with Gasteiger partial charge in [0.1, 0.15) is 11.5 Å². The normalized spacial score (nSPS) is 10.6. The van der Waals surface area contributed by atoms with E-state index < -0.39 is 5.91 Å². The highest BCUT2D eigenvalue weighted by Crippen LogP contribution is 2.17. The number of aliphatic imine (C=N–C) groups is 1. The van der Waals surface area contributed by atoms with Gasteiger partial charge >= 0.3 is 0 Å². The Morgan fingerprint density at radius 2 is 1.69 bits per heavy atom. The zero-order valence-corrected chi connectivity index (χ0v) is 19.1. The van der Waals surface area contributed by atoms with Crippen LogP contribution in [0.4, 0.5) is 0 Å². The largest absolute Gasteiger partial charge is 0.496 e. The average molecular weight is 512 g/mol. The van der Waals surface area contributed by atoms with Gasteiger partial charge in [0.15, 0.2) is 12.6 Å². The number of hydrogen-bond acceptors (Lipinski definition) is 4. The van der Waals surface area contributed by atoms with Gasteiger partial charge in [-0.25, -0.2) is 0 Å². The van der Waals surface area contributed by atoms with Gasteiger partial charge in [0.05, 0.1) is 7.11 Å². The summed E-state index contributed by atoms with van der Waals surface area (Å²) >= 11 is 0. The summed E-state index contributed by atoms with van der Waals surface area (Å²) in [6, 6.07) is 15.6. The quantitative estimate of drug-likeness (QED) is 0.258. The molecule has 0 fully saturated rings. The molecular formula is C21H29IN4O3. The number of benzene rings is 2. The van der Waals surface area contributed by atoms with Crippen molar-refractivity contribution in [2.24, 2.45) is 10.7 Å². The predicted octanol–water partition coefficient (Wildman–Crippen LogP) is 2.13. The number of hydrogen-bond donors (Lipinski definition) is 3. The lowest BCUT2D eigenvalue weighted by Gasteiger charge is -2.13. The van der Waals surface area contributed by atoms with E-state index in [1.54, 1.807) is 14.2 Å². The number of para-hydroxylation sites is 1. The van der Waals surface area contributed by atoms with Crippen LogP contribution >= 0.6 is 24.0 Å². The minimum absolute atomic E-state index is 0. The number of nitrogens with two attached hydrogens (primary N) is 1. The molecule has 0 aliphatic rings. The molecule has 0 aliphatic carbocycles. The van der Waals surface area contributed by atoms with Crippen molar-refractivity contribution in [2.75, 3.05) is 33.9 Å². The standard InChI is InChI=1S/C21H28N4O3.HI/c1-23-21(25-14-12-17-5-3-4-6-19(17)27-2)24-13-11-16-7-9-18(10-8-16)28-15-20(22)26;/h3-10H,11-15H2,1-2H3,(H2,22,26)(H2,23,24,25);1H. The third kappa shape index (κ3) is 9.03. The van der Waals surface area contributed by atoms with Crippen molar-refractivity contribution >= 4 is 35.8 Å². The van der Waals surface area contributed by atoms with Crippen molar-refractivity contribution in [1.82, 2.24) is 10.6 Å². The molecule has 0 saturated carbocycles. The first-order chi connectivity index (χ1) is 13.6. The Balaban J connectivity index is 0.00000420. The first-order valence-corrected chi connectivity index (χ1v) is 9.19. The van der Waals surface area contributed by atoms with Crippen LogP contribution in [0.2, 0.25) is 0 Å². The van der Waals surface area contributed by atoms with Crippen LogP contribution in [0.25, 0.3) is 0 Å². The van der Waals surface area contributed by atoms with E-state index in [1.165, 1.54) is 0 Å². The third-order valence-electron chi connectivity index (χ3n) is 4.11. The highest BCUT2D eigenvalue weighted by molar-refractivity contribution is 14.0. The Bertz CT molecular complexity index is 782. The van der Waals surface area contributed by atoms with Crippen LogP contribution in [0.5, 0.6) is 11.5 Å². The van der Waals surface area contributed by atoms with Crippen molar-refractivity contribution in [1.29, 1.82) is 0 Å². The molecule has 0 radical (unpaired) electrons. The number of ether oxygens (including phenoxy) is 2. The number of rotatable bonds is 10. The van der Waals surface area contributed by atoms with Crippen molar-refractivity contribution in [3.8, 4) is 11.5 Å². The SMILES string of the molecule is CN=C(NCCc1ccc(OCC(N)=O)cc1)NCCc1ccccc1OC.I. The van der Waals surface area contributed by atoms with E-state index in [4.69, 9.17) is 15.2 Å². The first-order valence-electron chi connectivity index (χ1n) is 9.19. The Labute approximate surface area is 189 Å². The smallest absolute Gasteiger partial charge is 0.255 e. The van der Waals surface area contributed by atoms with Gasteiger partial charge in [-0.05, 0) is 42.2 Å². The van der Waals surface area contributed by atoms with Gasteiger partial charge in [0.2, 0.25) is 0 Å². The van der Waals surface area contributed by atoms with Gasteiger partial charge in [-0.1, -0.05) is 30.3 Å². The summed E-state index contributed by atoms with van der Waals surface area (Å²) in [7, 11) is 3.44.